The third kappa shape index (κ3) is 7.56. The average Bonchev–Trinajstić information content (AvgIpc) is 3.01. The zero-order valence-corrected chi connectivity index (χ0v) is 22.0. The molecule has 0 spiro atoms. The Hall–Kier alpha value is -5.93. The predicted molar refractivity (Wildman–Crippen MR) is 157 cm³/mol. The van der Waals surface area contributed by atoms with Gasteiger partial charge in [0.2, 0.25) is 0 Å². The second-order valence-corrected chi connectivity index (χ2v) is 8.46. The van der Waals surface area contributed by atoms with Crippen molar-refractivity contribution in [3.63, 3.8) is 0 Å². The van der Waals surface area contributed by atoms with Gasteiger partial charge in [-0.2, -0.15) is 0 Å². The number of carbonyl (C=O) groups excluding carboxylic acids is 3. The van der Waals surface area contributed by atoms with E-state index in [2.05, 4.69) is 31.6 Å². The quantitative estimate of drug-likeness (QED) is 0.107. The largest absolute Gasteiger partial charge is 0.423 e. The summed E-state index contributed by atoms with van der Waals surface area (Å²) in [6.07, 6.45) is 3.29. The predicted octanol–water partition coefficient (Wildman–Crippen LogP) is 6.69. The van der Waals surface area contributed by atoms with Gasteiger partial charge >= 0.3 is 17.9 Å². The monoisotopic (exact) mass is 540 g/mol. The molecule has 0 amide bonds. The van der Waals surface area contributed by atoms with Crippen molar-refractivity contribution < 1.29 is 28.6 Å². The number of carbonyl (C=O) groups is 3. The molecule has 0 N–H and O–H groups in total. The Kier molecular flexibility index (Phi) is 9.06. The van der Waals surface area contributed by atoms with Crippen molar-refractivity contribution in [2.24, 2.45) is 0 Å². The van der Waals surface area contributed by atoms with E-state index in [4.69, 9.17) is 14.2 Å². The molecule has 4 rings (SSSR count). The Morgan fingerprint density at radius 3 is 1.41 bits per heavy atom. The van der Waals surface area contributed by atoms with Gasteiger partial charge in [-0.15, -0.1) is 0 Å². The molecule has 0 saturated carbocycles. The molecule has 0 atom stereocenters. The molecule has 0 aromatic heterocycles. The van der Waals surface area contributed by atoms with Crippen LogP contribution in [0, 0.1) is 11.8 Å². The number of rotatable bonds is 8. The van der Waals surface area contributed by atoms with Crippen molar-refractivity contribution in [1.29, 1.82) is 0 Å². The maximum absolute atomic E-state index is 12.0. The van der Waals surface area contributed by atoms with Gasteiger partial charge in [0.05, 0.1) is 5.56 Å². The fraction of sp³-hybridized carbons (Fsp3) is 0. The van der Waals surface area contributed by atoms with Gasteiger partial charge < -0.3 is 14.2 Å². The Morgan fingerprint density at radius 1 is 0.512 bits per heavy atom. The van der Waals surface area contributed by atoms with Crippen LogP contribution in [0.15, 0.2) is 129 Å². The van der Waals surface area contributed by atoms with E-state index in [9.17, 15) is 14.4 Å². The number of hydrogen-bond donors (Lipinski definition) is 0. The molecule has 4 aromatic rings. The van der Waals surface area contributed by atoms with Gasteiger partial charge in [0.15, 0.2) is 0 Å². The molecule has 0 saturated heterocycles. The molecule has 0 aliphatic heterocycles. The van der Waals surface area contributed by atoms with Crippen LogP contribution in [-0.4, -0.2) is 17.9 Å². The van der Waals surface area contributed by atoms with Crippen LogP contribution in [0.2, 0.25) is 0 Å². The third-order valence-corrected chi connectivity index (χ3v) is 5.73. The Morgan fingerprint density at radius 2 is 0.927 bits per heavy atom. The molecular weight excluding hydrogens is 516 g/mol. The summed E-state index contributed by atoms with van der Waals surface area (Å²) in [5, 5.41) is 0. The first kappa shape index (κ1) is 28.1. The number of hydrogen-bond acceptors (Lipinski definition) is 6. The first-order valence-electron chi connectivity index (χ1n) is 12.4. The van der Waals surface area contributed by atoms with Crippen LogP contribution < -0.4 is 14.2 Å². The smallest absolute Gasteiger partial charge is 0.335 e. The maximum Gasteiger partial charge on any atom is 0.335 e. The van der Waals surface area contributed by atoms with E-state index in [0.717, 1.165) is 46.0 Å². The molecule has 200 valence electrons. The molecule has 0 radical (unpaired) electrons. The molecule has 0 unspecified atom stereocenters. The molecule has 6 heteroatoms. The SMILES string of the molecule is C=CC(=O)Oc1ccc(-c2ccc(C#Cc3ccc(-c4ccc(OC(=O)C=C)cc4)cc3OC(=O)C=C)cc2)cc1. The van der Waals surface area contributed by atoms with Crippen LogP contribution in [0.1, 0.15) is 11.1 Å². The van der Waals surface area contributed by atoms with Gasteiger partial charge in [-0.05, 0) is 70.8 Å². The second-order valence-electron chi connectivity index (χ2n) is 8.46. The van der Waals surface area contributed by atoms with Crippen molar-refractivity contribution >= 4 is 17.9 Å². The molecular formula is C35H24O6. The van der Waals surface area contributed by atoms with E-state index in [0.29, 0.717) is 17.1 Å². The van der Waals surface area contributed by atoms with E-state index >= 15 is 0 Å². The van der Waals surface area contributed by atoms with Gasteiger partial charge in [0, 0.05) is 23.8 Å². The summed E-state index contributed by atoms with van der Waals surface area (Å²) in [4.78, 5) is 34.8. The highest BCUT2D eigenvalue weighted by atomic mass is 16.5. The summed E-state index contributed by atoms with van der Waals surface area (Å²) in [5.41, 5.74) is 4.80. The lowest BCUT2D eigenvalue weighted by atomic mass is 10.0. The lowest BCUT2D eigenvalue weighted by Crippen LogP contribution is -2.04. The van der Waals surface area contributed by atoms with Crippen LogP contribution in [0.3, 0.4) is 0 Å². The number of ether oxygens (including phenoxy) is 3. The molecule has 0 heterocycles. The minimum Gasteiger partial charge on any atom is -0.423 e. The Bertz CT molecular complexity index is 1680. The Labute approximate surface area is 237 Å². The van der Waals surface area contributed by atoms with Crippen LogP contribution in [0.5, 0.6) is 17.2 Å². The molecule has 4 aromatic carbocycles. The summed E-state index contributed by atoms with van der Waals surface area (Å²) in [5.74, 6) is 5.63. The summed E-state index contributed by atoms with van der Waals surface area (Å²) in [6.45, 7) is 10.2. The fourth-order valence-corrected chi connectivity index (χ4v) is 3.67. The third-order valence-electron chi connectivity index (χ3n) is 5.73. The van der Waals surface area contributed by atoms with Gasteiger partial charge in [0.1, 0.15) is 17.2 Å². The van der Waals surface area contributed by atoms with Crippen molar-refractivity contribution in [2.75, 3.05) is 0 Å². The van der Waals surface area contributed by atoms with Gasteiger partial charge in [-0.1, -0.05) is 74.0 Å². The van der Waals surface area contributed by atoms with E-state index in [-0.39, 0.29) is 5.75 Å². The zero-order chi connectivity index (χ0) is 29.2. The second kappa shape index (κ2) is 13.2. The summed E-state index contributed by atoms with van der Waals surface area (Å²) in [6, 6.07) is 27.0. The van der Waals surface area contributed by atoms with Crippen molar-refractivity contribution in [3.05, 3.63) is 140 Å². The minimum atomic E-state index is -0.605. The Balaban J connectivity index is 1.54. The molecule has 0 aliphatic carbocycles. The maximum atomic E-state index is 12.0. The standard InChI is InChI=1S/C35H24O6/c1-4-33(36)39-30-19-15-26(16-20-30)25-10-7-24(8-11-25)9-12-28-13-14-29(23-32(28)41-35(38)6-3)27-17-21-31(22-18-27)40-34(37)5-2/h4-8,10-11,13-23H,1-3H2. The number of benzene rings is 4. The van der Waals surface area contributed by atoms with Gasteiger partial charge in [-0.25, -0.2) is 14.4 Å². The highest BCUT2D eigenvalue weighted by Crippen LogP contribution is 2.29. The van der Waals surface area contributed by atoms with Crippen LogP contribution >= 0.6 is 0 Å². The van der Waals surface area contributed by atoms with Crippen LogP contribution in [-0.2, 0) is 14.4 Å². The highest BCUT2D eigenvalue weighted by Gasteiger charge is 2.10. The van der Waals surface area contributed by atoms with Crippen LogP contribution in [0.25, 0.3) is 22.3 Å². The summed E-state index contributed by atoms with van der Waals surface area (Å²) >= 11 is 0. The average molecular weight is 541 g/mol. The first-order valence-corrected chi connectivity index (χ1v) is 12.4. The summed E-state index contributed by atoms with van der Waals surface area (Å²) in [7, 11) is 0. The van der Waals surface area contributed by atoms with E-state index < -0.39 is 17.9 Å². The van der Waals surface area contributed by atoms with E-state index in [1.54, 1.807) is 48.5 Å². The fourth-order valence-electron chi connectivity index (χ4n) is 3.67. The summed E-state index contributed by atoms with van der Waals surface area (Å²) < 4.78 is 15.7. The molecule has 0 bridgehead atoms. The lowest BCUT2D eigenvalue weighted by Gasteiger charge is -2.09. The van der Waals surface area contributed by atoms with Crippen molar-refractivity contribution in [3.8, 4) is 51.3 Å². The van der Waals surface area contributed by atoms with E-state index in [1.165, 1.54) is 0 Å². The molecule has 6 nitrogen and oxygen atoms in total. The zero-order valence-electron chi connectivity index (χ0n) is 22.0. The highest BCUT2D eigenvalue weighted by molar-refractivity contribution is 5.85. The molecule has 0 aliphatic rings. The normalized spacial score (nSPS) is 9.85. The lowest BCUT2D eigenvalue weighted by molar-refractivity contribution is -0.129. The van der Waals surface area contributed by atoms with Gasteiger partial charge in [0.25, 0.3) is 0 Å². The van der Waals surface area contributed by atoms with Crippen molar-refractivity contribution in [2.45, 2.75) is 0 Å². The van der Waals surface area contributed by atoms with Crippen LogP contribution in [0.4, 0.5) is 0 Å². The number of esters is 3. The minimum absolute atomic E-state index is 0.288. The van der Waals surface area contributed by atoms with E-state index in [1.807, 2.05) is 42.5 Å². The van der Waals surface area contributed by atoms with Gasteiger partial charge in [-0.3, -0.25) is 0 Å². The van der Waals surface area contributed by atoms with Crippen molar-refractivity contribution in [1.82, 2.24) is 0 Å². The molecule has 0 fully saturated rings. The first-order chi connectivity index (χ1) is 19.9. The molecule has 41 heavy (non-hydrogen) atoms. The topological polar surface area (TPSA) is 78.9 Å².